The fourth-order valence-electron chi connectivity index (χ4n) is 3.82. The van der Waals surface area contributed by atoms with Gasteiger partial charge in [0.15, 0.2) is 5.82 Å². The first kappa shape index (κ1) is 21.4. The average Bonchev–Trinajstić information content (AvgIpc) is 3.23. The molecule has 9 nitrogen and oxygen atoms in total. The largest absolute Gasteiger partial charge is 0.351 e. The lowest BCUT2D eigenvalue weighted by Crippen LogP contribution is -2.22. The van der Waals surface area contributed by atoms with Crippen LogP contribution in [0.1, 0.15) is 16.8 Å². The molecule has 0 unspecified atom stereocenters. The summed E-state index contributed by atoms with van der Waals surface area (Å²) in [6.45, 7) is 4.49. The third-order valence-corrected chi connectivity index (χ3v) is 5.53. The number of nitrogens with one attached hydrogen (secondary N) is 1. The van der Waals surface area contributed by atoms with Crippen LogP contribution in [0.15, 0.2) is 60.2 Å². The van der Waals surface area contributed by atoms with Crippen LogP contribution in [0.2, 0.25) is 0 Å². The Bertz CT molecular complexity index is 1590. The topological polar surface area (TPSA) is 103 Å². The molecule has 0 fully saturated rings. The second kappa shape index (κ2) is 8.47. The molecule has 0 aromatic carbocycles. The molecule has 10 heteroatoms. The third kappa shape index (κ3) is 3.90. The van der Waals surface area contributed by atoms with Crippen LogP contribution in [0, 0.1) is 19.7 Å². The first-order valence-electron chi connectivity index (χ1n) is 10.6. The number of hydrogen-bond donors (Lipinski definition) is 1. The van der Waals surface area contributed by atoms with Gasteiger partial charge in [-0.05, 0) is 43.2 Å². The maximum Gasteiger partial charge on any atom is 0.278 e. The van der Waals surface area contributed by atoms with Gasteiger partial charge in [0.05, 0.1) is 29.3 Å². The van der Waals surface area contributed by atoms with Gasteiger partial charge >= 0.3 is 0 Å². The van der Waals surface area contributed by atoms with E-state index in [1.54, 1.807) is 22.9 Å². The van der Waals surface area contributed by atoms with Gasteiger partial charge in [-0.15, -0.1) is 0 Å². The molecular formula is C24H21FN8O. The maximum atomic E-state index is 14.3. The van der Waals surface area contributed by atoms with Crippen LogP contribution in [0.4, 0.5) is 10.3 Å². The van der Waals surface area contributed by atoms with Crippen molar-refractivity contribution in [1.82, 2.24) is 34.1 Å². The molecule has 0 atom stereocenters. The zero-order valence-corrected chi connectivity index (χ0v) is 18.8. The molecule has 5 aromatic heterocycles. The van der Waals surface area contributed by atoms with Crippen molar-refractivity contribution in [2.75, 3.05) is 5.32 Å². The van der Waals surface area contributed by atoms with Gasteiger partial charge in [0, 0.05) is 37.2 Å². The van der Waals surface area contributed by atoms with E-state index < -0.39 is 11.4 Å². The number of rotatable bonds is 5. The standard InChI is InChI=1S/C24H21FN8O/c1-14-6-16(9-27-22(14)17-4-5-26-15(2)7-17)10-28-24-29-11-18-8-20(30-13-33(18)24)21-19(25)12-31-32(3)23(21)34/h4-9,11-13H,10H2,1-3H3,(H,28,29). The molecule has 0 aliphatic heterocycles. The molecule has 0 amide bonds. The number of halogens is 1. The summed E-state index contributed by atoms with van der Waals surface area (Å²) in [5.41, 5.74) is 5.17. The molecule has 34 heavy (non-hydrogen) atoms. The molecule has 0 aliphatic carbocycles. The summed E-state index contributed by atoms with van der Waals surface area (Å²) in [6, 6.07) is 7.67. The van der Waals surface area contributed by atoms with Gasteiger partial charge in [0.1, 0.15) is 11.9 Å². The number of aromatic nitrogens is 7. The van der Waals surface area contributed by atoms with Gasteiger partial charge in [0.25, 0.3) is 5.56 Å². The molecule has 0 spiro atoms. The highest BCUT2D eigenvalue weighted by Crippen LogP contribution is 2.23. The van der Waals surface area contributed by atoms with Gasteiger partial charge in [-0.25, -0.2) is 19.0 Å². The van der Waals surface area contributed by atoms with E-state index in [2.05, 4.69) is 36.4 Å². The SMILES string of the molecule is Cc1cc(-c2ncc(CNc3ncc4cc(-c5c(F)cnn(C)c5=O)ncn34)cc2C)ccn1. The Morgan fingerprint density at radius 3 is 2.68 bits per heavy atom. The van der Waals surface area contributed by atoms with Crippen LogP contribution in [-0.2, 0) is 13.6 Å². The third-order valence-electron chi connectivity index (χ3n) is 5.53. The van der Waals surface area contributed by atoms with Crippen molar-refractivity contribution < 1.29 is 4.39 Å². The molecule has 0 saturated carbocycles. The summed E-state index contributed by atoms with van der Waals surface area (Å²) in [6.07, 6.45) is 7.76. The fraction of sp³-hybridized carbons (Fsp3) is 0.167. The van der Waals surface area contributed by atoms with E-state index in [1.165, 1.54) is 13.4 Å². The summed E-state index contributed by atoms with van der Waals surface area (Å²) < 4.78 is 17.1. The Balaban J connectivity index is 1.38. The highest BCUT2D eigenvalue weighted by atomic mass is 19.1. The van der Waals surface area contributed by atoms with Crippen molar-refractivity contribution in [1.29, 1.82) is 0 Å². The second-order valence-corrected chi connectivity index (χ2v) is 8.00. The molecule has 0 bridgehead atoms. The van der Waals surface area contributed by atoms with Crippen LogP contribution in [0.25, 0.3) is 28.0 Å². The van der Waals surface area contributed by atoms with Crippen molar-refractivity contribution >= 4 is 11.5 Å². The number of nitrogens with zero attached hydrogens (tertiary/aromatic N) is 7. The predicted octanol–water partition coefficient (Wildman–Crippen LogP) is 3.32. The number of hydrogen-bond acceptors (Lipinski definition) is 7. The van der Waals surface area contributed by atoms with Crippen LogP contribution >= 0.6 is 0 Å². The lowest BCUT2D eigenvalue weighted by Gasteiger charge is -2.10. The highest BCUT2D eigenvalue weighted by Gasteiger charge is 2.15. The lowest BCUT2D eigenvalue weighted by molar-refractivity contribution is 0.590. The van der Waals surface area contributed by atoms with Gasteiger partial charge in [0.2, 0.25) is 5.95 Å². The number of imidazole rings is 1. The minimum atomic E-state index is -0.717. The van der Waals surface area contributed by atoms with Crippen LogP contribution in [0.3, 0.4) is 0 Å². The molecule has 5 rings (SSSR count). The van der Waals surface area contributed by atoms with E-state index in [9.17, 15) is 9.18 Å². The Morgan fingerprint density at radius 1 is 1.03 bits per heavy atom. The summed E-state index contributed by atoms with van der Waals surface area (Å²) in [5, 5.41) is 6.97. The molecule has 0 saturated heterocycles. The van der Waals surface area contributed by atoms with Gasteiger partial charge < -0.3 is 5.32 Å². The first-order chi connectivity index (χ1) is 16.4. The van der Waals surface area contributed by atoms with Crippen LogP contribution in [-0.4, -0.2) is 34.1 Å². The van der Waals surface area contributed by atoms with Crippen molar-refractivity contribution in [2.24, 2.45) is 7.05 Å². The lowest BCUT2D eigenvalue weighted by atomic mass is 10.1. The van der Waals surface area contributed by atoms with E-state index in [-0.39, 0.29) is 11.3 Å². The van der Waals surface area contributed by atoms with Crippen LogP contribution < -0.4 is 10.9 Å². The van der Waals surface area contributed by atoms with Crippen molar-refractivity contribution in [3.63, 3.8) is 0 Å². The van der Waals surface area contributed by atoms with Crippen LogP contribution in [0.5, 0.6) is 0 Å². The van der Waals surface area contributed by atoms with E-state index in [0.717, 1.165) is 39.0 Å². The fourth-order valence-corrected chi connectivity index (χ4v) is 3.82. The molecule has 1 N–H and O–H groups in total. The number of anilines is 1. The minimum Gasteiger partial charge on any atom is -0.351 e. The average molecular weight is 456 g/mol. The Labute approximate surface area is 194 Å². The van der Waals surface area contributed by atoms with Gasteiger partial charge in [-0.3, -0.25) is 19.2 Å². The van der Waals surface area contributed by atoms with Gasteiger partial charge in [-0.2, -0.15) is 5.10 Å². The van der Waals surface area contributed by atoms with Crippen molar-refractivity contribution in [3.05, 3.63) is 88.4 Å². The molecular weight excluding hydrogens is 435 g/mol. The highest BCUT2D eigenvalue weighted by molar-refractivity contribution is 5.66. The molecule has 170 valence electrons. The Kier molecular flexibility index (Phi) is 5.33. The van der Waals surface area contributed by atoms with E-state index in [4.69, 9.17) is 0 Å². The van der Waals surface area contributed by atoms with Crippen molar-refractivity contribution in [2.45, 2.75) is 20.4 Å². The van der Waals surface area contributed by atoms with E-state index in [0.29, 0.717) is 18.0 Å². The summed E-state index contributed by atoms with van der Waals surface area (Å²) in [4.78, 5) is 29.9. The summed E-state index contributed by atoms with van der Waals surface area (Å²) in [5.74, 6) is -0.144. The quantitative estimate of drug-likeness (QED) is 0.433. The minimum absolute atomic E-state index is 0.123. The predicted molar refractivity (Wildman–Crippen MR) is 126 cm³/mol. The van der Waals surface area contributed by atoms with E-state index in [1.807, 2.05) is 32.2 Å². The zero-order chi connectivity index (χ0) is 23.8. The first-order valence-corrected chi connectivity index (χ1v) is 10.6. The number of fused-ring (bicyclic) bond motifs is 1. The summed E-state index contributed by atoms with van der Waals surface area (Å²) in [7, 11) is 1.46. The second-order valence-electron chi connectivity index (χ2n) is 8.00. The number of aryl methyl sites for hydroxylation is 3. The molecule has 0 aliphatic rings. The number of pyridine rings is 2. The normalized spacial score (nSPS) is 11.2. The van der Waals surface area contributed by atoms with Gasteiger partial charge in [-0.1, -0.05) is 6.07 Å². The zero-order valence-electron chi connectivity index (χ0n) is 18.8. The smallest absolute Gasteiger partial charge is 0.278 e. The summed E-state index contributed by atoms with van der Waals surface area (Å²) >= 11 is 0. The Morgan fingerprint density at radius 2 is 1.88 bits per heavy atom. The van der Waals surface area contributed by atoms with Crippen molar-refractivity contribution in [3.8, 4) is 22.5 Å². The Hall–Kier alpha value is -4.47. The maximum absolute atomic E-state index is 14.3. The molecule has 5 heterocycles. The van der Waals surface area contributed by atoms with E-state index >= 15 is 0 Å². The monoisotopic (exact) mass is 456 g/mol. The molecule has 5 aromatic rings. The molecule has 0 radical (unpaired) electrons.